The molecule has 1 amide bonds. The number of carbonyl (C=O) groups is 2. The number of thiophene rings is 1. The lowest BCUT2D eigenvalue weighted by Crippen LogP contribution is -2.37. The predicted octanol–water partition coefficient (Wildman–Crippen LogP) is 1.80. The minimum absolute atomic E-state index is 0.0137. The van der Waals surface area contributed by atoms with Crippen LogP contribution < -0.4 is 0 Å². The van der Waals surface area contributed by atoms with Crippen molar-refractivity contribution in [2.45, 2.75) is 25.2 Å². The summed E-state index contributed by atoms with van der Waals surface area (Å²) in [7, 11) is 2.98. The molecule has 0 radical (unpaired) electrons. The molecule has 1 aromatic rings. The zero-order valence-electron chi connectivity index (χ0n) is 10.6. The van der Waals surface area contributed by atoms with E-state index in [2.05, 4.69) is 4.74 Å². The lowest BCUT2D eigenvalue weighted by atomic mass is 9.87. The third kappa shape index (κ3) is 2.56. The van der Waals surface area contributed by atoms with Crippen LogP contribution in [0.1, 0.15) is 29.2 Å². The largest absolute Gasteiger partial charge is 0.468 e. The molecule has 5 heteroatoms. The van der Waals surface area contributed by atoms with E-state index >= 15 is 0 Å². The van der Waals surface area contributed by atoms with Crippen molar-refractivity contribution in [3.8, 4) is 0 Å². The molecule has 4 nitrogen and oxygen atoms in total. The SMILES string of the molecule is COC(=O)CN(C)C(=O)C1CCCc2sccc21. The van der Waals surface area contributed by atoms with Crippen molar-refractivity contribution in [3.63, 3.8) is 0 Å². The molecule has 2 rings (SSSR count). The molecule has 1 heterocycles. The fraction of sp³-hybridized carbons (Fsp3) is 0.538. The van der Waals surface area contributed by atoms with Crippen LogP contribution in [0.25, 0.3) is 0 Å². The van der Waals surface area contributed by atoms with Crippen LogP contribution in [0, 0.1) is 0 Å². The second kappa shape index (κ2) is 5.52. The number of likely N-dealkylation sites (N-methyl/N-ethyl adjacent to an activating group) is 1. The van der Waals surface area contributed by atoms with Crippen molar-refractivity contribution in [1.82, 2.24) is 4.90 Å². The zero-order valence-corrected chi connectivity index (χ0v) is 11.5. The summed E-state index contributed by atoms with van der Waals surface area (Å²) < 4.78 is 4.58. The van der Waals surface area contributed by atoms with Crippen molar-refractivity contribution in [2.75, 3.05) is 20.7 Å². The summed E-state index contributed by atoms with van der Waals surface area (Å²) in [5, 5.41) is 2.04. The molecule has 1 unspecified atom stereocenters. The van der Waals surface area contributed by atoms with Gasteiger partial charge in [0.2, 0.25) is 5.91 Å². The quantitative estimate of drug-likeness (QED) is 0.785. The van der Waals surface area contributed by atoms with Crippen LogP contribution in [0.5, 0.6) is 0 Å². The van der Waals surface area contributed by atoms with Crippen molar-refractivity contribution in [3.05, 3.63) is 21.9 Å². The summed E-state index contributed by atoms with van der Waals surface area (Å²) in [5.41, 5.74) is 1.15. The van der Waals surface area contributed by atoms with Crippen LogP contribution in [0.15, 0.2) is 11.4 Å². The Morgan fingerprint density at radius 1 is 1.56 bits per heavy atom. The molecule has 0 aliphatic heterocycles. The highest BCUT2D eigenvalue weighted by Crippen LogP contribution is 2.35. The first-order chi connectivity index (χ1) is 8.63. The van der Waals surface area contributed by atoms with Gasteiger partial charge in [0.25, 0.3) is 0 Å². The highest BCUT2D eigenvalue weighted by molar-refractivity contribution is 7.10. The summed E-state index contributed by atoms with van der Waals surface area (Å²) in [6.45, 7) is 0.0192. The Morgan fingerprint density at radius 2 is 2.33 bits per heavy atom. The molecular weight excluding hydrogens is 250 g/mol. The second-order valence-corrected chi connectivity index (χ2v) is 5.52. The van der Waals surface area contributed by atoms with E-state index in [1.165, 1.54) is 16.9 Å². The van der Waals surface area contributed by atoms with Crippen LogP contribution in [0.3, 0.4) is 0 Å². The van der Waals surface area contributed by atoms with E-state index < -0.39 is 0 Å². The Labute approximate surface area is 111 Å². The number of esters is 1. The Bertz CT molecular complexity index is 455. The standard InChI is InChI=1S/C13H17NO3S/c1-14(8-12(15)17-2)13(16)10-4-3-5-11-9(10)6-7-18-11/h6-7,10H,3-5,8H2,1-2H3. The first-order valence-electron chi connectivity index (χ1n) is 6.01. The number of nitrogens with zero attached hydrogens (tertiary/aromatic N) is 1. The normalized spacial score (nSPS) is 18.0. The van der Waals surface area contributed by atoms with Crippen molar-refractivity contribution < 1.29 is 14.3 Å². The molecule has 98 valence electrons. The number of ether oxygens (including phenoxy) is 1. The van der Waals surface area contributed by atoms with Crippen molar-refractivity contribution in [1.29, 1.82) is 0 Å². The zero-order chi connectivity index (χ0) is 13.1. The van der Waals surface area contributed by atoms with Gasteiger partial charge in [0.1, 0.15) is 6.54 Å². The van der Waals surface area contributed by atoms with Crippen LogP contribution in [0.2, 0.25) is 0 Å². The van der Waals surface area contributed by atoms with Crippen LogP contribution in [0.4, 0.5) is 0 Å². The minimum atomic E-state index is -0.382. The summed E-state index contributed by atoms with van der Waals surface area (Å²) in [6.07, 6.45) is 2.97. The average molecular weight is 267 g/mol. The lowest BCUT2D eigenvalue weighted by molar-refractivity contribution is -0.146. The van der Waals surface area contributed by atoms with Crippen LogP contribution >= 0.6 is 11.3 Å². The van der Waals surface area contributed by atoms with Gasteiger partial charge >= 0.3 is 5.97 Å². The highest BCUT2D eigenvalue weighted by Gasteiger charge is 2.30. The maximum Gasteiger partial charge on any atom is 0.325 e. The molecule has 0 aromatic carbocycles. The van der Waals surface area contributed by atoms with Gasteiger partial charge in [0.05, 0.1) is 13.0 Å². The molecule has 0 spiro atoms. The van der Waals surface area contributed by atoms with Gasteiger partial charge < -0.3 is 9.64 Å². The third-order valence-corrected chi connectivity index (χ3v) is 4.32. The number of hydrogen-bond donors (Lipinski definition) is 0. The molecule has 1 atom stereocenters. The molecule has 0 bridgehead atoms. The number of aryl methyl sites for hydroxylation is 1. The van der Waals surface area contributed by atoms with Gasteiger partial charge in [-0.1, -0.05) is 0 Å². The van der Waals surface area contributed by atoms with Crippen LogP contribution in [-0.2, 0) is 20.7 Å². The maximum absolute atomic E-state index is 12.3. The Hall–Kier alpha value is -1.36. The minimum Gasteiger partial charge on any atom is -0.468 e. The number of methoxy groups -OCH3 is 1. The van der Waals surface area contributed by atoms with Gasteiger partial charge in [0.15, 0.2) is 0 Å². The van der Waals surface area contributed by atoms with Gasteiger partial charge in [-0.05, 0) is 36.3 Å². The highest BCUT2D eigenvalue weighted by atomic mass is 32.1. The first-order valence-corrected chi connectivity index (χ1v) is 6.89. The Balaban J connectivity index is 2.09. The molecule has 0 saturated carbocycles. The van der Waals surface area contributed by atoms with Gasteiger partial charge in [-0.15, -0.1) is 11.3 Å². The maximum atomic E-state index is 12.3. The van der Waals surface area contributed by atoms with Gasteiger partial charge in [-0.25, -0.2) is 0 Å². The monoisotopic (exact) mass is 267 g/mol. The second-order valence-electron chi connectivity index (χ2n) is 4.51. The van der Waals surface area contributed by atoms with E-state index in [1.54, 1.807) is 18.4 Å². The molecule has 1 aliphatic rings. The molecule has 1 aromatic heterocycles. The molecule has 1 aliphatic carbocycles. The molecule has 18 heavy (non-hydrogen) atoms. The molecule has 0 N–H and O–H groups in total. The third-order valence-electron chi connectivity index (χ3n) is 3.32. The smallest absolute Gasteiger partial charge is 0.325 e. The lowest BCUT2D eigenvalue weighted by Gasteiger charge is -2.26. The fourth-order valence-corrected chi connectivity index (χ4v) is 3.33. The number of rotatable bonds is 3. The number of amides is 1. The van der Waals surface area contributed by atoms with Crippen LogP contribution in [-0.4, -0.2) is 37.5 Å². The van der Waals surface area contributed by atoms with E-state index in [1.807, 2.05) is 11.4 Å². The van der Waals surface area contributed by atoms with E-state index in [0.29, 0.717) is 0 Å². The summed E-state index contributed by atoms with van der Waals surface area (Å²) in [4.78, 5) is 26.3. The first kappa shape index (κ1) is 13.1. The topological polar surface area (TPSA) is 46.6 Å². The molecule has 0 fully saturated rings. The van der Waals surface area contributed by atoms with E-state index in [9.17, 15) is 9.59 Å². The van der Waals surface area contributed by atoms with E-state index in [-0.39, 0.29) is 24.3 Å². The van der Waals surface area contributed by atoms with E-state index in [0.717, 1.165) is 24.8 Å². The number of fused-ring (bicyclic) bond motifs is 1. The number of carbonyl (C=O) groups excluding carboxylic acids is 2. The summed E-state index contributed by atoms with van der Waals surface area (Å²) in [5.74, 6) is -0.457. The molecular formula is C13H17NO3S. The van der Waals surface area contributed by atoms with Gasteiger partial charge in [-0.2, -0.15) is 0 Å². The van der Waals surface area contributed by atoms with Gasteiger partial charge in [-0.3, -0.25) is 9.59 Å². The average Bonchev–Trinajstić information content (AvgIpc) is 2.85. The Morgan fingerprint density at radius 3 is 3.06 bits per heavy atom. The molecule has 0 saturated heterocycles. The fourth-order valence-electron chi connectivity index (χ4n) is 2.35. The Kier molecular flexibility index (Phi) is 4.01. The van der Waals surface area contributed by atoms with Crippen molar-refractivity contribution >= 4 is 23.2 Å². The summed E-state index contributed by atoms with van der Waals surface area (Å²) in [6, 6.07) is 2.04. The summed E-state index contributed by atoms with van der Waals surface area (Å²) >= 11 is 1.71. The van der Waals surface area contributed by atoms with Crippen molar-refractivity contribution in [2.24, 2.45) is 0 Å². The number of hydrogen-bond acceptors (Lipinski definition) is 4. The predicted molar refractivity (Wildman–Crippen MR) is 69.7 cm³/mol. The van der Waals surface area contributed by atoms with E-state index in [4.69, 9.17) is 0 Å². The van der Waals surface area contributed by atoms with Gasteiger partial charge in [0, 0.05) is 11.9 Å².